The summed E-state index contributed by atoms with van der Waals surface area (Å²) in [5.74, 6) is 0.111. The zero-order valence-electron chi connectivity index (χ0n) is 12.5. The molecule has 1 N–H and O–H groups in total. The van der Waals surface area contributed by atoms with Crippen molar-refractivity contribution in [1.29, 1.82) is 0 Å². The largest absolute Gasteiger partial charge is 0.494 e. The first-order valence-electron chi connectivity index (χ1n) is 7.51. The Morgan fingerprint density at radius 1 is 1.45 bits per heavy atom. The second kappa shape index (κ2) is 7.60. The van der Waals surface area contributed by atoms with Crippen molar-refractivity contribution in [2.75, 3.05) is 26.7 Å². The molecule has 0 bridgehead atoms. The maximum Gasteiger partial charge on any atom is 0.169 e. The molecule has 1 heterocycles. The highest BCUT2D eigenvalue weighted by atomic mass is 19.1. The minimum absolute atomic E-state index is 0.223. The summed E-state index contributed by atoms with van der Waals surface area (Å²) in [6.45, 7) is 5.93. The van der Waals surface area contributed by atoms with Gasteiger partial charge in [0.15, 0.2) is 11.6 Å². The summed E-state index contributed by atoms with van der Waals surface area (Å²) < 4.78 is 19.3. The second-order valence-corrected chi connectivity index (χ2v) is 5.46. The summed E-state index contributed by atoms with van der Waals surface area (Å²) in [5, 5.41) is 3.58. The highest BCUT2D eigenvalue weighted by Gasteiger charge is 2.19. The molecule has 0 saturated carbocycles. The Hall–Kier alpha value is -1.13. The van der Waals surface area contributed by atoms with Crippen molar-refractivity contribution >= 4 is 0 Å². The van der Waals surface area contributed by atoms with E-state index in [1.54, 1.807) is 6.07 Å². The molecule has 1 aliphatic rings. The standard InChI is InChI=1S/C16H25FN2O/c1-3-6-14-12-19(10-5-9-18-14)11-13-7-4-8-15(20-2)16(13)17/h4,7-8,14,18H,3,5-6,9-12H2,1-2H3. The molecule has 1 aliphatic heterocycles. The highest BCUT2D eigenvalue weighted by Crippen LogP contribution is 2.21. The molecule has 0 radical (unpaired) electrons. The summed E-state index contributed by atoms with van der Waals surface area (Å²) in [4.78, 5) is 2.35. The minimum atomic E-state index is -0.223. The first kappa shape index (κ1) is 15.3. The number of benzene rings is 1. The highest BCUT2D eigenvalue weighted by molar-refractivity contribution is 5.31. The third-order valence-corrected chi connectivity index (χ3v) is 3.86. The van der Waals surface area contributed by atoms with Crippen LogP contribution in [-0.4, -0.2) is 37.7 Å². The molecule has 20 heavy (non-hydrogen) atoms. The van der Waals surface area contributed by atoms with E-state index >= 15 is 0 Å². The van der Waals surface area contributed by atoms with E-state index in [-0.39, 0.29) is 5.82 Å². The molecule has 0 amide bonds. The van der Waals surface area contributed by atoms with Crippen molar-refractivity contribution in [3.05, 3.63) is 29.6 Å². The van der Waals surface area contributed by atoms with Crippen molar-refractivity contribution in [2.24, 2.45) is 0 Å². The maximum atomic E-state index is 14.2. The smallest absolute Gasteiger partial charge is 0.169 e. The summed E-state index contributed by atoms with van der Waals surface area (Å²) in [7, 11) is 1.51. The lowest BCUT2D eigenvalue weighted by Gasteiger charge is -2.24. The first-order chi connectivity index (χ1) is 9.74. The molecular formula is C16H25FN2O. The van der Waals surface area contributed by atoms with Gasteiger partial charge < -0.3 is 10.1 Å². The van der Waals surface area contributed by atoms with Crippen molar-refractivity contribution in [3.63, 3.8) is 0 Å². The van der Waals surface area contributed by atoms with Gasteiger partial charge in [-0.15, -0.1) is 0 Å². The summed E-state index contributed by atoms with van der Waals surface area (Å²) in [6, 6.07) is 5.90. The van der Waals surface area contributed by atoms with Crippen LogP contribution in [0.3, 0.4) is 0 Å². The minimum Gasteiger partial charge on any atom is -0.494 e. The van der Waals surface area contributed by atoms with Gasteiger partial charge in [0.05, 0.1) is 7.11 Å². The van der Waals surface area contributed by atoms with Gasteiger partial charge in [-0.05, 0) is 32.0 Å². The van der Waals surface area contributed by atoms with E-state index in [1.165, 1.54) is 20.0 Å². The Labute approximate surface area is 121 Å². The summed E-state index contributed by atoms with van der Waals surface area (Å²) in [6.07, 6.45) is 3.47. The number of hydrogen-bond donors (Lipinski definition) is 1. The SMILES string of the molecule is CCCC1CN(Cc2cccc(OC)c2F)CCCN1. The van der Waals surface area contributed by atoms with Crippen LogP contribution in [0.1, 0.15) is 31.7 Å². The van der Waals surface area contributed by atoms with Crippen LogP contribution in [0.15, 0.2) is 18.2 Å². The fourth-order valence-corrected chi connectivity index (χ4v) is 2.84. The van der Waals surface area contributed by atoms with Crippen LogP contribution < -0.4 is 10.1 Å². The predicted molar refractivity (Wildman–Crippen MR) is 79.5 cm³/mol. The van der Waals surface area contributed by atoms with E-state index in [9.17, 15) is 4.39 Å². The van der Waals surface area contributed by atoms with E-state index in [0.717, 1.165) is 31.6 Å². The Kier molecular flexibility index (Phi) is 5.80. The van der Waals surface area contributed by atoms with Crippen LogP contribution in [0.5, 0.6) is 5.75 Å². The van der Waals surface area contributed by atoms with Crippen molar-refractivity contribution in [1.82, 2.24) is 10.2 Å². The van der Waals surface area contributed by atoms with Gasteiger partial charge in [0.2, 0.25) is 0 Å². The van der Waals surface area contributed by atoms with E-state index in [2.05, 4.69) is 17.1 Å². The van der Waals surface area contributed by atoms with Gasteiger partial charge in [0.1, 0.15) is 0 Å². The van der Waals surface area contributed by atoms with Gasteiger partial charge >= 0.3 is 0 Å². The van der Waals surface area contributed by atoms with Gasteiger partial charge in [0.25, 0.3) is 0 Å². The predicted octanol–water partition coefficient (Wildman–Crippen LogP) is 2.80. The lowest BCUT2D eigenvalue weighted by Crippen LogP contribution is -2.37. The van der Waals surface area contributed by atoms with E-state index in [1.807, 2.05) is 12.1 Å². The number of ether oxygens (including phenoxy) is 1. The molecule has 1 aromatic carbocycles. The Balaban J connectivity index is 2.04. The van der Waals surface area contributed by atoms with Crippen molar-refractivity contribution < 1.29 is 9.13 Å². The van der Waals surface area contributed by atoms with Crippen LogP contribution in [0.4, 0.5) is 4.39 Å². The van der Waals surface area contributed by atoms with Crippen molar-refractivity contribution in [2.45, 2.75) is 38.8 Å². The van der Waals surface area contributed by atoms with Crippen LogP contribution in [0, 0.1) is 5.82 Å². The van der Waals surface area contributed by atoms with Crippen molar-refractivity contribution in [3.8, 4) is 5.75 Å². The van der Waals surface area contributed by atoms with Gasteiger partial charge in [-0.2, -0.15) is 0 Å². The zero-order chi connectivity index (χ0) is 14.4. The van der Waals surface area contributed by atoms with Crippen LogP contribution in [0.25, 0.3) is 0 Å². The fourth-order valence-electron chi connectivity index (χ4n) is 2.84. The Morgan fingerprint density at radius 2 is 2.30 bits per heavy atom. The van der Waals surface area contributed by atoms with Gasteiger partial charge in [-0.25, -0.2) is 4.39 Å². The molecule has 3 nitrogen and oxygen atoms in total. The fraction of sp³-hybridized carbons (Fsp3) is 0.625. The summed E-state index contributed by atoms with van der Waals surface area (Å²) in [5.41, 5.74) is 0.724. The zero-order valence-corrected chi connectivity index (χ0v) is 12.5. The molecule has 0 spiro atoms. The van der Waals surface area contributed by atoms with E-state index in [0.29, 0.717) is 18.3 Å². The van der Waals surface area contributed by atoms with Crippen LogP contribution in [0.2, 0.25) is 0 Å². The molecule has 2 rings (SSSR count). The normalized spacial score (nSPS) is 20.6. The third kappa shape index (κ3) is 3.93. The Morgan fingerprint density at radius 3 is 3.05 bits per heavy atom. The molecule has 1 atom stereocenters. The number of nitrogens with one attached hydrogen (secondary N) is 1. The quantitative estimate of drug-likeness (QED) is 0.897. The van der Waals surface area contributed by atoms with Crippen LogP contribution in [-0.2, 0) is 6.54 Å². The number of halogens is 1. The topological polar surface area (TPSA) is 24.5 Å². The van der Waals surface area contributed by atoms with Crippen LogP contribution >= 0.6 is 0 Å². The Bertz CT molecular complexity index is 425. The van der Waals surface area contributed by atoms with E-state index in [4.69, 9.17) is 4.74 Å². The average Bonchev–Trinajstić information content (AvgIpc) is 2.67. The van der Waals surface area contributed by atoms with Gasteiger partial charge in [-0.1, -0.05) is 25.5 Å². The molecule has 1 fully saturated rings. The maximum absolute atomic E-state index is 14.2. The molecule has 1 unspecified atom stereocenters. The molecule has 0 aliphatic carbocycles. The number of rotatable bonds is 5. The lowest BCUT2D eigenvalue weighted by molar-refractivity contribution is 0.250. The monoisotopic (exact) mass is 280 g/mol. The van der Waals surface area contributed by atoms with Gasteiger partial charge in [0, 0.05) is 24.7 Å². The molecule has 1 saturated heterocycles. The number of hydrogen-bond acceptors (Lipinski definition) is 3. The molecule has 0 aromatic heterocycles. The molecule has 4 heteroatoms. The van der Waals surface area contributed by atoms with E-state index < -0.39 is 0 Å². The second-order valence-electron chi connectivity index (χ2n) is 5.46. The first-order valence-corrected chi connectivity index (χ1v) is 7.51. The average molecular weight is 280 g/mol. The molecular weight excluding hydrogens is 255 g/mol. The summed E-state index contributed by atoms with van der Waals surface area (Å²) >= 11 is 0. The molecule has 112 valence electrons. The lowest BCUT2D eigenvalue weighted by atomic mass is 10.1. The third-order valence-electron chi connectivity index (χ3n) is 3.86. The van der Waals surface area contributed by atoms with Gasteiger partial charge in [-0.3, -0.25) is 4.90 Å². The number of nitrogens with zero attached hydrogens (tertiary/aromatic N) is 1. The number of methoxy groups -OCH3 is 1. The molecule has 1 aromatic rings.